The van der Waals surface area contributed by atoms with E-state index in [-0.39, 0.29) is 11.9 Å². The maximum atomic E-state index is 14.1. The number of para-hydroxylation sites is 1. The molecule has 0 amide bonds. The third-order valence-electron chi connectivity index (χ3n) is 3.43. The molecule has 0 saturated carbocycles. The lowest BCUT2D eigenvalue weighted by molar-refractivity contribution is 0.169. The number of hydrogen-bond acceptors (Lipinski definition) is 4. The van der Waals surface area contributed by atoms with Crippen LogP contribution in [-0.2, 0) is 0 Å². The minimum absolute atomic E-state index is 0.297. The van der Waals surface area contributed by atoms with Crippen LogP contribution in [0.1, 0.15) is 24.1 Å². The lowest BCUT2D eigenvalue weighted by atomic mass is 9.97. The number of nitrogens with one attached hydrogen (secondary N) is 1. The second-order valence-corrected chi connectivity index (χ2v) is 4.76. The molecule has 1 unspecified atom stereocenters. The molecule has 0 bridgehead atoms. The van der Waals surface area contributed by atoms with E-state index in [1.165, 1.54) is 6.20 Å². The standard InChI is InChI=1S/C16H17FN2O2/c1-2-19-15(11-6-7-18-10-13(11)17)12-4-3-5-14-16(12)21-9-8-20-14/h3-7,10,15,19H,2,8-9H2,1H3. The molecule has 1 aliphatic heterocycles. The Labute approximate surface area is 122 Å². The van der Waals surface area contributed by atoms with Gasteiger partial charge in [0.2, 0.25) is 0 Å². The van der Waals surface area contributed by atoms with E-state index in [1.807, 2.05) is 25.1 Å². The van der Waals surface area contributed by atoms with E-state index in [4.69, 9.17) is 9.47 Å². The van der Waals surface area contributed by atoms with Gasteiger partial charge in [0, 0.05) is 17.3 Å². The molecule has 0 fully saturated rings. The van der Waals surface area contributed by atoms with Crippen molar-refractivity contribution >= 4 is 0 Å². The number of pyridine rings is 1. The van der Waals surface area contributed by atoms with Gasteiger partial charge in [-0.05, 0) is 18.7 Å². The maximum absolute atomic E-state index is 14.1. The van der Waals surface area contributed by atoms with Gasteiger partial charge in [-0.15, -0.1) is 0 Å². The van der Waals surface area contributed by atoms with Gasteiger partial charge in [0.15, 0.2) is 11.5 Å². The molecule has 0 saturated heterocycles. The van der Waals surface area contributed by atoms with Gasteiger partial charge in [0.1, 0.15) is 19.0 Å². The molecule has 21 heavy (non-hydrogen) atoms. The Hall–Kier alpha value is -2.14. The summed E-state index contributed by atoms with van der Waals surface area (Å²) in [5.74, 6) is 1.06. The van der Waals surface area contributed by atoms with Gasteiger partial charge in [-0.25, -0.2) is 4.39 Å². The Kier molecular flexibility index (Phi) is 4.01. The molecule has 1 N–H and O–H groups in total. The van der Waals surface area contributed by atoms with E-state index in [0.717, 1.165) is 5.56 Å². The Balaban J connectivity index is 2.08. The van der Waals surface area contributed by atoms with Crippen LogP contribution in [0.25, 0.3) is 0 Å². The van der Waals surface area contributed by atoms with E-state index >= 15 is 0 Å². The van der Waals surface area contributed by atoms with Crippen LogP contribution < -0.4 is 14.8 Å². The molecule has 110 valence electrons. The summed E-state index contributed by atoms with van der Waals surface area (Å²) < 4.78 is 25.4. The average Bonchev–Trinajstić information content (AvgIpc) is 2.53. The van der Waals surface area contributed by atoms with Crippen molar-refractivity contribution in [3.63, 3.8) is 0 Å². The largest absolute Gasteiger partial charge is 0.486 e. The zero-order valence-electron chi connectivity index (χ0n) is 11.8. The quantitative estimate of drug-likeness (QED) is 0.939. The third-order valence-corrected chi connectivity index (χ3v) is 3.43. The molecule has 1 aromatic carbocycles. The first-order chi connectivity index (χ1) is 10.3. The first-order valence-corrected chi connectivity index (χ1v) is 7.02. The first-order valence-electron chi connectivity index (χ1n) is 7.02. The van der Waals surface area contributed by atoms with Crippen LogP contribution >= 0.6 is 0 Å². The summed E-state index contributed by atoms with van der Waals surface area (Å²) in [6.07, 6.45) is 2.82. The SMILES string of the molecule is CCNC(c1ccncc1F)c1cccc2c1OCCO2. The van der Waals surface area contributed by atoms with Gasteiger partial charge in [0.25, 0.3) is 0 Å². The van der Waals surface area contributed by atoms with Gasteiger partial charge >= 0.3 is 0 Å². The monoisotopic (exact) mass is 288 g/mol. The van der Waals surface area contributed by atoms with E-state index in [9.17, 15) is 4.39 Å². The summed E-state index contributed by atoms with van der Waals surface area (Å²) in [6.45, 7) is 3.73. The molecule has 0 aliphatic carbocycles. The zero-order chi connectivity index (χ0) is 14.7. The number of hydrogen-bond donors (Lipinski definition) is 1. The van der Waals surface area contributed by atoms with Crippen LogP contribution in [0.4, 0.5) is 4.39 Å². The van der Waals surface area contributed by atoms with E-state index < -0.39 is 0 Å². The molecule has 0 spiro atoms. The van der Waals surface area contributed by atoms with Crippen LogP contribution in [0.3, 0.4) is 0 Å². The van der Waals surface area contributed by atoms with Crippen LogP contribution in [-0.4, -0.2) is 24.7 Å². The topological polar surface area (TPSA) is 43.4 Å². The molecule has 1 aliphatic rings. The van der Waals surface area contributed by atoms with Gasteiger partial charge < -0.3 is 14.8 Å². The Morgan fingerprint density at radius 1 is 1.24 bits per heavy atom. The van der Waals surface area contributed by atoms with Gasteiger partial charge in [0.05, 0.1) is 12.2 Å². The number of fused-ring (bicyclic) bond motifs is 1. The highest BCUT2D eigenvalue weighted by Gasteiger charge is 2.24. The van der Waals surface area contributed by atoms with Crippen molar-refractivity contribution < 1.29 is 13.9 Å². The molecule has 4 nitrogen and oxygen atoms in total. The summed E-state index contributed by atoms with van der Waals surface area (Å²) in [6, 6.07) is 7.08. The fourth-order valence-electron chi connectivity index (χ4n) is 2.54. The normalized spacial score (nSPS) is 14.8. The van der Waals surface area contributed by atoms with Crippen LogP contribution in [0.15, 0.2) is 36.7 Å². The van der Waals surface area contributed by atoms with Crippen molar-refractivity contribution in [3.8, 4) is 11.5 Å². The number of halogens is 1. The number of aromatic nitrogens is 1. The average molecular weight is 288 g/mol. The van der Waals surface area contributed by atoms with Crippen molar-refractivity contribution in [1.82, 2.24) is 10.3 Å². The Morgan fingerprint density at radius 2 is 2.10 bits per heavy atom. The summed E-state index contributed by atoms with van der Waals surface area (Å²) in [5, 5.41) is 3.30. The Bertz CT molecular complexity index is 633. The maximum Gasteiger partial charge on any atom is 0.166 e. The molecule has 5 heteroatoms. The number of ether oxygens (including phenoxy) is 2. The second kappa shape index (κ2) is 6.10. The molecule has 1 atom stereocenters. The molecule has 3 rings (SSSR count). The van der Waals surface area contributed by atoms with Crippen molar-refractivity contribution in [1.29, 1.82) is 0 Å². The summed E-state index contributed by atoms with van der Waals surface area (Å²) in [4.78, 5) is 3.81. The van der Waals surface area contributed by atoms with Crippen molar-refractivity contribution in [2.75, 3.05) is 19.8 Å². The van der Waals surface area contributed by atoms with Gasteiger partial charge in [-0.3, -0.25) is 4.98 Å². The second-order valence-electron chi connectivity index (χ2n) is 4.76. The fraction of sp³-hybridized carbons (Fsp3) is 0.312. The molecule has 1 aromatic heterocycles. The first kappa shape index (κ1) is 13.8. The van der Waals surface area contributed by atoms with Crippen LogP contribution in [0.5, 0.6) is 11.5 Å². The summed E-state index contributed by atoms with van der Waals surface area (Å²) >= 11 is 0. The van der Waals surface area contributed by atoms with Crippen LogP contribution in [0.2, 0.25) is 0 Å². The van der Waals surface area contributed by atoms with Crippen molar-refractivity contribution in [2.45, 2.75) is 13.0 Å². The number of nitrogens with zero attached hydrogens (tertiary/aromatic N) is 1. The lowest BCUT2D eigenvalue weighted by Crippen LogP contribution is -2.25. The molecule has 2 aromatic rings. The lowest BCUT2D eigenvalue weighted by Gasteiger charge is -2.26. The van der Waals surface area contributed by atoms with E-state index in [2.05, 4.69) is 10.3 Å². The van der Waals surface area contributed by atoms with Gasteiger partial charge in [-0.2, -0.15) is 0 Å². The summed E-state index contributed by atoms with van der Waals surface area (Å²) in [7, 11) is 0. The fourth-order valence-corrected chi connectivity index (χ4v) is 2.54. The number of rotatable bonds is 4. The minimum atomic E-state index is -0.335. The summed E-state index contributed by atoms with van der Waals surface area (Å²) in [5.41, 5.74) is 1.42. The predicted octanol–water partition coefficient (Wildman–Crippen LogP) is 2.69. The van der Waals surface area contributed by atoms with E-state index in [0.29, 0.717) is 36.8 Å². The smallest absolute Gasteiger partial charge is 0.166 e. The molecule has 2 heterocycles. The van der Waals surface area contributed by atoms with E-state index in [1.54, 1.807) is 12.3 Å². The minimum Gasteiger partial charge on any atom is -0.486 e. The number of benzene rings is 1. The highest BCUT2D eigenvalue weighted by molar-refractivity contribution is 5.51. The van der Waals surface area contributed by atoms with Crippen molar-refractivity contribution in [3.05, 3.63) is 53.6 Å². The molecular weight excluding hydrogens is 271 g/mol. The predicted molar refractivity (Wildman–Crippen MR) is 77.1 cm³/mol. The van der Waals surface area contributed by atoms with Crippen molar-refractivity contribution in [2.24, 2.45) is 0 Å². The van der Waals surface area contributed by atoms with Gasteiger partial charge in [-0.1, -0.05) is 19.1 Å². The van der Waals surface area contributed by atoms with Crippen LogP contribution in [0, 0.1) is 5.82 Å². The molecular formula is C16H17FN2O2. The Morgan fingerprint density at radius 3 is 2.90 bits per heavy atom. The highest BCUT2D eigenvalue weighted by atomic mass is 19.1. The zero-order valence-corrected chi connectivity index (χ0v) is 11.8. The third kappa shape index (κ3) is 2.69. The highest BCUT2D eigenvalue weighted by Crippen LogP contribution is 2.39. The molecule has 0 radical (unpaired) electrons.